The predicted molar refractivity (Wildman–Crippen MR) is 118 cm³/mol. The fourth-order valence-corrected chi connectivity index (χ4v) is 3.71. The van der Waals surface area contributed by atoms with E-state index in [1.165, 1.54) is 7.11 Å². The quantitative estimate of drug-likeness (QED) is 0.736. The molecule has 31 heavy (non-hydrogen) atoms. The number of ether oxygens (including phenoxy) is 3. The van der Waals surface area contributed by atoms with Crippen molar-refractivity contribution in [3.05, 3.63) is 53.1 Å². The number of methoxy groups -OCH3 is 2. The summed E-state index contributed by atoms with van der Waals surface area (Å²) >= 11 is 0. The summed E-state index contributed by atoms with van der Waals surface area (Å²) in [5, 5.41) is 3.05. The van der Waals surface area contributed by atoms with Gasteiger partial charge in [-0.2, -0.15) is 0 Å². The van der Waals surface area contributed by atoms with Gasteiger partial charge in [0.15, 0.2) is 18.1 Å². The number of amides is 2. The topological polar surface area (TPSA) is 77.1 Å². The van der Waals surface area contributed by atoms with Crippen LogP contribution in [0.3, 0.4) is 0 Å². The molecular formula is C24H30N2O5. The number of rotatable bonds is 7. The highest BCUT2D eigenvalue weighted by Crippen LogP contribution is 2.27. The summed E-state index contributed by atoms with van der Waals surface area (Å²) in [6.45, 7) is 5.19. The van der Waals surface area contributed by atoms with E-state index in [1.807, 2.05) is 32.0 Å². The highest BCUT2D eigenvalue weighted by atomic mass is 16.5. The van der Waals surface area contributed by atoms with E-state index in [9.17, 15) is 9.59 Å². The van der Waals surface area contributed by atoms with E-state index < -0.39 is 0 Å². The molecule has 0 aromatic heterocycles. The summed E-state index contributed by atoms with van der Waals surface area (Å²) < 4.78 is 16.2. The molecule has 1 N–H and O–H groups in total. The van der Waals surface area contributed by atoms with Gasteiger partial charge < -0.3 is 24.4 Å². The van der Waals surface area contributed by atoms with Gasteiger partial charge in [0.2, 0.25) is 0 Å². The Morgan fingerprint density at radius 2 is 1.65 bits per heavy atom. The van der Waals surface area contributed by atoms with Crippen molar-refractivity contribution < 1.29 is 23.8 Å². The van der Waals surface area contributed by atoms with Crippen LogP contribution in [0.15, 0.2) is 36.4 Å². The number of piperidine rings is 1. The van der Waals surface area contributed by atoms with Crippen molar-refractivity contribution >= 4 is 11.8 Å². The summed E-state index contributed by atoms with van der Waals surface area (Å²) in [6.07, 6.45) is 1.41. The zero-order valence-corrected chi connectivity index (χ0v) is 18.6. The van der Waals surface area contributed by atoms with E-state index in [2.05, 4.69) is 5.32 Å². The van der Waals surface area contributed by atoms with Gasteiger partial charge in [-0.05, 0) is 56.5 Å². The SMILES string of the molecule is COc1ccc(C(=O)NC2CCN(C(=O)COc3ccc(C)cc3C)CC2)cc1OC. The molecule has 2 aromatic rings. The molecule has 1 fully saturated rings. The van der Waals surface area contributed by atoms with Crippen molar-refractivity contribution in [2.75, 3.05) is 33.9 Å². The normalized spacial score (nSPS) is 14.1. The maximum Gasteiger partial charge on any atom is 0.260 e. The Kier molecular flexibility index (Phi) is 7.39. The number of benzene rings is 2. The Morgan fingerprint density at radius 1 is 0.968 bits per heavy atom. The molecule has 0 radical (unpaired) electrons. The zero-order valence-electron chi connectivity index (χ0n) is 18.6. The summed E-state index contributed by atoms with van der Waals surface area (Å²) in [6, 6.07) is 11.0. The van der Waals surface area contributed by atoms with Crippen LogP contribution in [-0.2, 0) is 4.79 Å². The number of carbonyl (C=O) groups is 2. The fourth-order valence-electron chi connectivity index (χ4n) is 3.71. The number of nitrogens with one attached hydrogen (secondary N) is 1. The van der Waals surface area contributed by atoms with E-state index in [-0.39, 0.29) is 24.5 Å². The second-order valence-electron chi connectivity index (χ2n) is 7.76. The Bertz CT molecular complexity index is 936. The van der Waals surface area contributed by atoms with Crippen molar-refractivity contribution in [3.63, 3.8) is 0 Å². The van der Waals surface area contributed by atoms with Crippen LogP contribution in [0.2, 0.25) is 0 Å². The van der Waals surface area contributed by atoms with Crippen molar-refractivity contribution in [1.82, 2.24) is 10.2 Å². The van der Waals surface area contributed by atoms with Gasteiger partial charge in [-0.1, -0.05) is 17.7 Å². The van der Waals surface area contributed by atoms with Crippen LogP contribution < -0.4 is 19.5 Å². The van der Waals surface area contributed by atoms with Gasteiger partial charge in [0, 0.05) is 24.7 Å². The molecule has 166 valence electrons. The van der Waals surface area contributed by atoms with Crippen molar-refractivity contribution in [2.24, 2.45) is 0 Å². The minimum absolute atomic E-state index is 0.0184. The van der Waals surface area contributed by atoms with Crippen LogP contribution in [0.1, 0.15) is 34.3 Å². The van der Waals surface area contributed by atoms with Crippen molar-refractivity contribution in [3.8, 4) is 17.2 Å². The van der Waals surface area contributed by atoms with Crippen LogP contribution in [-0.4, -0.2) is 56.7 Å². The van der Waals surface area contributed by atoms with Gasteiger partial charge in [-0.15, -0.1) is 0 Å². The zero-order chi connectivity index (χ0) is 22.4. The van der Waals surface area contributed by atoms with E-state index in [0.29, 0.717) is 43.0 Å². The minimum atomic E-state index is -0.163. The largest absolute Gasteiger partial charge is 0.493 e. The van der Waals surface area contributed by atoms with E-state index in [4.69, 9.17) is 14.2 Å². The van der Waals surface area contributed by atoms with Crippen LogP contribution in [0.4, 0.5) is 0 Å². The maximum absolute atomic E-state index is 12.6. The van der Waals surface area contributed by atoms with E-state index >= 15 is 0 Å². The van der Waals surface area contributed by atoms with Gasteiger partial charge in [0.05, 0.1) is 14.2 Å². The van der Waals surface area contributed by atoms with Crippen LogP contribution in [0.25, 0.3) is 0 Å². The first-order chi connectivity index (χ1) is 14.9. The molecule has 2 amide bonds. The van der Waals surface area contributed by atoms with Gasteiger partial charge in [0.25, 0.3) is 11.8 Å². The first kappa shape index (κ1) is 22.5. The Balaban J connectivity index is 1.47. The lowest BCUT2D eigenvalue weighted by Crippen LogP contribution is -2.47. The molecule has 0 unspecified atom stereocenters. The fraction of sp³-hybridized carbons (Fsp3) is 0.417. The molecule has 0 bridgehead atoms. The molecule has 1 aliphatic heterocycles. The number of carbonyl (C=O) groups excluding carboxylic acids is 2. The number of hydrogen-bond acceptors (Lipinski definition) is 5. The lowest BCUT2D eigenvalue weighted by atomic mass is 10.0. The highest BCUT2D eigenvalue weighted by molar-refractivity contribution is 5.95. The summed E-state index contributed by atoms with van der Waals surface area (Å²) in [5.41, 5.74) is 2.69. The number of aryl methyl sites for hydroxylation is 2. The number of nitrogens with zero attached hydrogens (tertiary/aromatic N) is 1. The third kappa shape index (κ3) is 5.69. The van der Waals surface area contributed by atoms with Crippen molar-refractivity contribution in [1.29, 1.82) is 0 Å². The molecule has 1 heterocycles. The molecule has 7 nitrogen and oxygen atoms in total. The standard InChI is InChI=1S/C24H30N2O5/c1-16-5-7-20(17(2)13-16)31-15-23(27)26-11-9-19(10-12-26)25-24(28)18-6-8-21(29-3)22(14-18)30-4/h5-8,13-14,19H,9-12,15H2,1-4H3,(H,25,28). The average Bonchev–Trinajstić information content (AvgIpc) is 2.78. The van der Waals surface area contributed by atoms with Gasteiger partial charge in [-0.25, -0.2) is 0 Å². The van der Waals surface area contributed by atoms with Crippen LogP contribution >= 0.6 is 0 Å². The second kappa shape index (κ2) is 10.2. The molecule has 0 aliphatic carbocycles. The molecule has 2 aromatic carbocycles. The molecule has 0 saturated carbocycles. The minimum Gasteiger partial charge on any atom is -0.493 e. The van der Waals surface area contributed by atoms with Crippen molar-refractivity contribution in [2.45, 2.75) is 32.7 Å². The summed E-state index contributed by atoms with van der Waals surface area (Å²) in [4.78, 5) is 26.9. The highest BCUT2D eigenvalue weighted by Gasteiger charge is 2.25. The van der Waals surface area contributed by atoms with Crippen LogP contribution in [0, 0.1) is 13.8 Å². The lowest BCUT2D eigenvalue weighted by molar-refractivity contribution is -0.134. The average molecular weight is 427 g/mol. The molecular weight excluding hydrogens is 396 g/mol. The van der Waals surface area contributed by atoms with Gasteiger partial charge in [-0.3, -0.25) is 9.59 Å². The maximum atomic E-state index is 12.6. The molecule has 3 rings (SSSR count). The molecule has 7 heteroatoms. The Morgan fingerprint density at radius 3 is 2.29 bits per heavy atom. The number of hydrogen-bond donors (Lipinski definition) is 1. The second-order valence-corrected chi connectivity index (χ2v) is 7.76. The van der Waals surface area contributed by atoms with E-state index in [0.717, 1.165) is 16.9 Å². The Hall–Kier alpha value is -3.22. The first-order valence-electron chi connectivity index (χ1n) is 10.4. The first-order valence-corrected chi connectivity index (χ1v) is 10.4. The third-order valence-corrected chi connectivity index (χ3v) is 5.51. The molecule has 1 saturated heterocycles. The molecule has 0 atom stereocenters. The molecule has 1 aliphatic rings. The van der Waals surface area contributed by atoms with Gasteiger partial charge >= 0.3 is 0 Å². The predicted octanol–water partition coefficient (Wildman–Crippen LogP) is 3.12. The number of likely N-dealkylation sites (tertiary alicyclic amines) is 1. The van der Waals surface area contributed by atoms with Gasteiger partial charge in [0.1, 0.15) is 5.75 Å². The summed E-state index contributed by atoms with van der Waals surface area (Å²) in [5.74, 6) is 1.62. The summed E-state index contributed by atoms with van der Waals surface area (Å²) in [7, 11) is 3.09. The lowest BCUT2D eigenvalue weighted by Gasteiger charge is -2.32. The van der Waals surface area contributed by atoms with E-state index in [1.54, 1.807) is 30.2 Å². The smallest absolute Gasteiger partial charge is 0.260 e. The monoisotopic (exact) mass is 426 g/mol. The van der Waals surface area contributed by atoms with Crippen LogP contribution in [0.5, 0.6) is 17.2 Å². The third-order valence-electron chi connectivity index (χ3n) is 5.51. The Labute approximate surface area is 183 Å². The molecule has 0 spiro atoms.